The van der Waals surface area contributed by atoms with Gasteiger partial charge in [0, 0.05) is 23.6 Å². The van der Waals surface area contributed by atoms with Crippen LogP contribution in [0.25, 0.3) is 11.1 Å². The second-order valence-electron chi connectivity index (χ2n) is 10.7. The molecule has 0 bridgehead atoms. The van der Waals surface area contributed by atoms with E-state index < -0.39 is 12.1 Å². The number of fused-ring (bicyclic) bond motifs is 3. The predicted octanol–water partition coefficient (Wildman–Crippen LogP) is 5.09. The number of carbonyl (C=O) groups is 2. The molecule has 0 radical (unpaired) electrons. The average Bonchev–Trinajstić information content (AvgIpc) is 3.21. The van der Waals surface area contributed by atoms with Gasteiger partial charge in [-0.15, -0.1) is 11.3 Å². The first-order valence-electron chi connectivity index (χ1n) is 13.8. The summed E-state index contributed by atoms with van der Waals surface area (Å²) in [7, 11) is 4.66. The average molecular weight is 595 g/mol. The number of methoxy groups -OCH3 is 3. The molecule has 0 saturated heterocycles. The Bertz CT molecular complexity index is 1540. The number of aromatic nitrogens is 1. The molecule has 0 saturated carbocycles. The zero-order valence-electron chi connectivity index (χ0n) is 25.0. The Labute approximate surface area is 249 Å². The number of rotatable bonds is 10. The second-order valence-corrected chi connectivity index (χ2v) is 11.9. The second kappa shape index (κ2) is 13.2. The monoisotopic (exact) mass is 594 g/mol. The van der Waals surface area contributed by atoms with Crippen LogP contribution < -0.4 is 35.6 Å². The molecule has 2 amide bonds. The van der Waals surface area contributed by atoms with Crippen LogP contribution in [-0.4, -0.2) is 44.2 Å². The third-order valence-corrected chi connectivity index (χ3v) is 7.95. The highest BCUT2D eigenvalue weighted by molar-refractivity contribution is 7.15. The highest BCUT2D eigenvalue weighted by atomic mass is 32.1. The van der Waals surface area contributed by atoms with E-state index in [1.165, 1.54) is 24.3 Å². The predicted molar refractivity (Wildman–Crippen MR) is 165 cm³/mol. The molecule has 0 spiro atoms. The molecule has 3 aromatic rings. The quantitative estimate of drug-likeness (QED) is 0.296. The normalized spacial score (nSPS) is 14.6. The summed E-state index contributed by atoms with van der Waals surface area (Å²) in [4.78, 5) is 44.5. The van der Waals surface area contributed by atoms with E-state index in [2.05, 4.69) is 20.9 Å². The van der Waals surface area contributed by atoms with Crippen LogP contribution in [0.3, 0.4) is 0 Å². The summed E-state index contributed by atoms with van der Waals surface area (Å²) in [5.74, 6) is 1.13. The maximum absolute atomic E-state index is 13.7. The van der Waals surface area contributed by atoms with Gasteiger partial charge in [-0.1, -0.05) is 19.9 Å². The van der Waals surface area contributed by atoms with Gasteiger partial charge in [-0.25, -0.2) is 4.98 Å². The van der Waals surface area contributed by atoms with E-state index in [0.717, 1.165) is 16.0 Å². The Hall–Kier alpha value is -4.12. The van der Waals surface area contributed by atoms with Crippen molar-refractivity contribution in [2.45, 2.75) is 59.0 Å². The molecule has 0 unspecified atom stereocenters. The molecule has 11 heteroatoms. The molecule has 10 nitrogen and oxygen atoms in total. The van der Waals surface area contributed by atoms with E-state index in [0.29, 0.717) is 52.8 Å². The van der Waals surface area contributed by atoms with Gasteiger partial charge in [-0.3, -0.25) is 14.4 Å². The molecule has 1 aliphatic carbocycles. The van der Waals surface area contributed by atoms with Gasteiger partial charge in [0.1, 0.15) is 6.04 Å². The van der Waals surface area contributed by atoms with Crippen molar-refractivity contribution in [3.8, 4) is 28.4 Å². The smallest absolute Gasteiger partial charge is 0.248 e. The van der Waals surface area contributed by atoms with Crippen molar-refractivity contribution in [3.63, 3.8) is 0 Å². The molecular formula is C31H38N4O6S. The molecular weight excluding hydrogens is 556 g/mol. The van der Waals surface area contributed by atoms with Gasteiger partial charge in [-0.05, 0) is 67.0 Å². The maximum Gasteiger partial charge on any atom is 0.248 e. The number of nitrogens with one attached hydrogen (secondary N) is 3. The molecule has 2 aromatic carbocycles. The van der Waals surface area contributed by atoms with Gasteiger partial charge >= 0.3 is 0 Å². The van der Waals surface area contributed by atoms with E-state index >= 15 is 0 Å². The Morgan fingerprint density at radius 1 is 1.10 bits per heavy atom. The van der Waals surface area contributed by atoms with Crippen LogP contribution in [0.2, 0.25) is 0 Å². The summed E-state index contributed by atoms with van der Waals surface area (Å²) in [5.41, 5.74) is 3.02. The summed E-state index contributed by atoms with van der Waals surface area (Å²) in [6.07, 6.45) is 3.35. The van der Waals surface area contributed by atoms with Crippen molar-refractivity contribution in [2.75, 3.05) is 32.0 Å². The maximum atomic E-state index is 13.7. The number of nitrogens with zero attached hydrogens (tertiary/aromatic N) is 1. The molecule has 2 atom stereocenters. The SMILES string of the molecule is COc1cc2c(c(OC)c1OC)-c1ccc(N[C@H](CC(C)C)C(=O)Nc3ncc(C)s3)c(=O)cc1[C@H](NC(C)=O)CC2. The third-order valence-electron chi connectivity index (χ3n) is 7.12. The lowest BCUT2D eigenvalue weighted by Crippen LogP contribution is -2.37. The van der Waals surface area contributed by atoms with Gasteiger partial charge < -0.3 is 30.2 Å². The lowest BCUT2D eigenvalue weighted by molar-refractivity contribution is -0.120. The van der Waals surface area contributed by atoms with Gasteiger partial charge in [0.05, 0.1) is 33.1 Å². The molecule has 224 valence electrons. The van der Waals surface area contributed by atoms with Crippen molar-refractivity contribution >= 4 is 34.0 Å². The van der Waals surface area contributed by atoms with Gasteiger partial charge in [0.25, 0.3) is 0 Å². The van der Waals surface area contributed by atoms with E-state index in [4.69, 9.17) is 14.2 Å². The molecule has 3 N–H and O–H groups in total. The highest BCUT2D eigenvalue weighted by Gasteiger charge is 2.30. The number of carbonyl (C=O) groups excluding carboxylic acids is 2. The number of hydrogen-bond donors (Lipinski definition) is 3. The first kappa shape index (κ1) is 30.8. The minimum Gasteiger partial charge on any atom is -0.493 e. The largest absolute Gasteiger partial charge is 0.493 e. The summed E-state index contributed by atoms with van der Waals surface area (Å²) in [6.45, 7) is 7.41. The number of ether oxygens (including phenoxy) is 3. The van der Waals surface area contributed by atoms with Gasteiger partial charge in [0.15, 0.2) is 16.6 Å². The van der Waals surface area contributed by atoms with Crippen molar-refractivity contribution in [1.29, 1.82) is 0 Å². The topological polar surface area (TPSA) is 128 Å². The van der Waals surface area contributed by atoms with Crippen LogP contribution in [0, 0.1) is 12.8 Å². The summed E-state index contributed by atoms with van der Waals surface area (Å²) < 4.78 is 17.1. The number of anilines is 2. The third kappa shape index (κ3) is 6.67. The molecule has 1 aliphatic rings. The van der Waals surface area contributed by atoms with Gasteiger partial charge in [0.2, 0.25) is 23.0 Å². The number of benzene rings is 1. The number of amides is 2. The minimum atomic E-state index is -0.679. The number of thiazole rings is 1. The number of hydrogen-bond acceptors (Lipinski definition) is 9. The first-order valence-corrected chi connectivity index (χ1v) is 14.6. The molecule has 4 rings (SSSR count). The van der Waals surface area contributed by atoms with Crippen LogP contribution in [0.4, 0.5) is 10.8 Å². The molecule has 1 heterocycles. The summed E-state index contributed by atoms with van der Waals surface area (Å²) in [6, 6.07) is 5.86. The van der Waals surface area contributed by atoms with Crippen molar-refractivity contribution in [1.82, 2.24) is 10.3 Å². The fourth-order valence-corrected chi connectivity index (χ4v) is 5.99. The van der Waals surface area contributed by atoms with E-state index in [1.807, 2.05) is 32.9 Å². The highest BCUT2D eigenvalue weighted by Crippen LogP contribution is 2.50. The van der Waals surface area contributed by atoms with E-state index in [1.54, 1.807) is 33.6 Å². The molecule has 42 heavy (non-hydrogen) atoms. The summed E-state index contributed by atoms with van der Waals surface area (Å²) in [5, 5.41) is 9.59. The zero-order chi connectivity index (χ0) is 30.6. The number of aryl methyl sites for hydroxylation is 2. The molecule has 0 aliphatic heterocycles. The Balaban J connectivity index is 1.86. The van der Waals surface area contributed by atoms with Crippen LogP contribution in [0.1, 0.15) is 55.7 Å². The van der Waals surface area contributed by atoms with Crippen molar-refractivity contribution in [3.05, 3.63) is 56.7 Å². The zero-order valence-corrected chi connectivity index (χ0v) is 25.9. The molecule has 0 fully saturated rings. The van der Waals surface area contributed by atoms with E-state index in [9.17, 15) is 14.4 Å². The fourth-order valence-electron chi connectivity index (χ4n) is 5.32. The van der Waals surface area contributed by atoms with Crippen LogP contribution in [0.15, 0.2) is 35.3 Å². The van der Waals surface area contributed by atoms with Gasteiger partial charge in [-0.2, -0.15) is 0 Å². The Morgan fingerprint density at radius 3 is 2.43 bits per heavy atom. The molecule has 1 aromatic heterocycles. The Morgan fingerprint density at radius 2 is 1.83 bits per heavy atom. The lowest BCUT2D eigenvalue weighted by atomic mass is 9.95. The Kier molecular flexibility index (Phi) is 9.72. The summed E-state index contributed by atoms with van der Waals surface area (Å²) >= 11 is 1.39. The fraction of sp³-hybridized carbons (Fsp3) is 0.419. The van der Waals surface area contributed by atoms with Crippen LogP contribution in [0.5, 0.6) is 17.2 Å². The van der Waals surface area contributed by atoms with E-state index in [-0.39, 0.29) is 28.8 Å². The van der Waals surface area contributed by atoms with Crippen molar-refractivity contribution < 1.29 is 23.8 Å². The minimum absolute atomic E-state index is 0.179. The van der Waals surface area contributed by atoms with Crippen molar-refractivity contribution in [2.24, 2.45) is 5.92 Å². The van der Waals surface area contributed by atoms with Crippen LogP contribution in [-0.2, 0) is 16.0 Å². The lowest BCUT2D eigenvalue weighted by Gasteiger charge is -2.20. The standard InChI is InChI=1S/C31H38N4O6S/c1-16(2)12-24(30(38)35-31-32-15-17(3)42-31)34-23-11-9-20-21(14-25(23)37)22(33-18(4)36)10-8-19-13-26(39-5)28(40-6)29(41-7)27(19)20/h9,11,13-16,22,24H,8,10,12H2,1-7H3,(H,33,36)(H,34,37)(H,32,35,38)/t22-,24-/m1/s1. The first-order chi connectivity index (χ1) is 20.1. The van der Waals surface area contributed by atoms with Crippen LogP contribution >= 0.6 is 11.3 Å².